The van der Waals surface area contributed by atoms with Crippen LogP contribution in [0.3, 0.4) is 0 Å². The fourth-order valence-electron chi connectivity index (χ4n) is 6.25. The van der Waals surface area contributed by atoms with Gasteiger partial charge in [0.25, 0.3) is 11.5 Å². The fraction of sp³-hybridized carbons (Fsp3) is 0.375. The van der Waals surface area contributed by atoms with Gasteiger partial charge in [0, 0.05) is 63.9 Å². The average molecular weight is 795 g/mol. The Morgan fingerprint density at radius 1 is 0.982 bits per heavy atom. The molecule has 0 radical (unpaired) electrons. The van der Waals surface area contributed by atoms with Gasteiger partial charge in [0.1, 0.15) is 11.9 Å². The van der Waals surface area contributed by atoms with Crippen molar-refractivity contribution < 1.29 is 41.8 Å². The van der Waals surface area contributed by atoms with Crippen molar-refractivity contribution in [3.05, 3.63) is 104 Å². The molecule has 1 fully saturated rings. The lowest BCUT2D eigenvalue weighted by Crippen LogP contribution is -2.45. The number of esters is 2. The second-order valence-corrected chi connectivity index (χ2v) is 12.6. The molecule has 1 unspecified atom stereocenters. The first-order chi connectivity index (χ1) is 27.2. The van der Waals surface area contributed by atoms with E-state index in [1.165, 1.54) is 55.3 Å². The van der Waals surface area contributed by atoms with Gasteiger partial charge < -0.3 is 24.4 Å². The van der Waals surface area contributed by atoms with Crippen LogP contribution in [0.1, 0.15) is 56.1 Å². The summed E-state index contributed by atoms with van der Waals surface area (Å²) in [6, 6.07) is 9.57. The second-order valence-electron chi connectivity index (χ2n) is 12.6. The Labute approximate surface area is 326 Å². The highest BCUT2D eigenvalue weighted by molar-refractivity contribution is 5.99. The summed E-state index contributed by atoms with van der Waals surface area (Å²) < 4.78 is 54.3. The van der Waals surface area contributed by atoms with E-state index in [9.17, 15) is 32.8 Å². The number of anilines is 1. The predicted octanol–water partition coefficient (Wildman–Crippen LogP) is 5.01. The molecule has 6 rings (SSSR count). The van der Waals surface area contributed by atoms with E-state index in [2.05, 4.69) is 15.3 Å². The largest absolute Gasteiger partial charge is 0.426 e. The molecule has 0 spiro atoms. The zero-order valence-corrected chi connectivity index (χ0v) is 32.7. The molecule has 57 heavy (non-hydrogen) atoms. The van der Waals surface area contributed by atoms with Crippen molar-refractivity contribution in [1.82, 2.24) is 24.4 Å². The number of ether oxygens (including phenoxy) is 3. The van der Waals surface area contributed by atoms with E-state index in [4.69, 9.17) is 14.2 Å². The van der Waals surface area contributed by atoms with Gasteiger partial charge in [0.05, 0.1) is 47.1 Å². The Morgan fingerprint density at radius 3 is 2.32 bits per heavy atom. The third-order valence-corrected chi connectivity index (χ3v) is 8.66. The van der Waals surface area contributed by atoms with Crippen LogP contribution in [0.4, 0.5) is 18.9 Å². The normalized spacial score (nSPS) is 13.5. The Balaban J connectivity index is 0.00000113. The third-order valence-electron chi connectivity index (χ3n) is 8.66. The summed E-state index contributed by atoms with van der Waals surface area (Å²) in [4.78, 5) is 76.3. The minimum absolute atomic E-state index is 0.178. The summed E-state index contributed by atoms with van der Waals surface area (Å²) in [7, 11) is 1.53. The molecule has 304 valence electrons. The molecule has 2 aromatic carbocycles. The number of hydrogen-bond donors (Lipinski definition) is 1. The number of halogens is 3. The van der Waals surface area contributed by atoms with Crippen LogP contribution >= 0.6 is 0 Å². The Morgan fingerprint density at radius 2 is 1.67 bits per heavy atom. The van der Waals surface area contributed by atoms with Gasteiger partial charge in [-0.25, -0.2) is 27.3 Å². The minimum atomic E-state index is -2.17. The van der Waals surface area contributed by atoms with Gasteiger partial charge >= 0.3 is 17.6 Å². The smallest absolute Gasteiger partial charge is 0.335 e. The molecule has 1 N–H and O–H groups in total. The van der Waals surface area contributed by atoms with Crippen LogP contribution in [0, 0.1) is 12.7 Å². The Kier molecular flexibility index (Phi) is 15.0. The number of aromatic nitrogens is 4. The second kappa shape index (κ2) is 19.7. The van der Waals surface area contributed by atoms with Gasteiger partial charge in [-0.15, -0.1) is 0 Å². The molecule has 1 amide bonds. The molecule has 5 aromatic rings. The number of carbonyl (C=O) groups is 3. The monoisotopic (exact) mass is 794 g/mol. The van der Waals surface area contributed by atoms with Crippen molar-refractivity contribution >= 4 is 45.3 Å². The van der Waals surface area contributed by atoms with Gasteiger partial charge in [0.15, 0.2) is 0 Å². The van der Waals surface area contributed by atoms with E-state index in [1.54, 1.807) is 31.2 Å². The fourth-order valence-corrected chi connectivity index (χ4v) is 6.25. The van der Waals surface area contributed by atoms with E-state index < -0.39 is 53.7 Å². The highest BCUT2D eigenvalue weighted by Gasteiger charge is 2.29. The van der Waals surface area contributed by atoms with Crippen molar-refractivity contribution in [3.63, 3.8) is 0 Å². The number of amides is 1. The number of nitrogens with zero attached hydrogens (tertiary/aromatic N) is 5. The van der Waals surface area contributed by atoms with Crippen molar-refractivity contribution in [1.29, 1.82) is 0 Å². The SMILES string of the molecule is CC.CC(=O)OC(C)OC(=O)[C@H](Cc1ccc(-n2c(=O)c3ccncc3n(C)c2=O)c2ncccc12)NC(=O)c1c(C)cc(N2CCOCC2)cc1F.CC(F)F. The number of alkyl halides is 2. The minimum Gasteiger partial charge on any atom is -0.426 e. The number of morpholine rings is 1. The number of aryl methyl sites for hydroxylation is 2. The molecular formula is C40H45F3N6O8. The van der Waals surface area contributed by atoms with Crippen LogP contribution in [-0.4, -0.2) is 82.0 Å². The Hall–Kier alpha value is -6.10. The maximum Gasteiger partial charge on any atom is 0.335 e. The van der Waals surface area contributed by atoms with E-state index in [0.29, 0.717) is 54.0 Å². The topological polar surface area (TPSA) is 164 Å². The number of rotatable bonds is 9. The van der Waals surface area contributed by atoms with Crippen molar-refractivity contribution in [2.45, 2.75) is 66.7 Å². The van der Waals surface area contributed by atoms with E-state index in [1.807, 2.05) is 18.7 Å². The first-order valence-electron chi connectivity index (χ1n) is 18.2. The van der Waals surface area contributed by atoms with Crippen molar-refractivity contribution in [2.75, 3.05) is 31.2 Å². The molecular weight excluding hydrogens is 749 g/mol. The van der Waals surface area contributed by atoms with Crippen LogP contribution in [0.25, 0.3) is 27.5 Å². The first-order valence-corrected chi connectivity index (χ1v) is 18.2. The maximum atomic E-state index is 15.6. The van der Waals surface area contributed by atoms with Crippen molar-refractivity contribution in [3.8, 4) is 5.69 Å². The molecule has 1 saturated heterocycles. The zero-order valence-electron chi connectivity index (χ0n) is 32.7. The molecule has 0 bridgehead atoms. The van der Waals surface area contributed by atoms with Gasteiger partial charge in [-0.2, -0.15) is 0 Å². The summed E-state index contributed by atoms with van der Waals surface area (Å²) in [5.74, 6) is -3.27. The molecule has 3 aromatic heterocycles. The van der Waals surface area contributed by atoms with Gasteiger partial charge in [-0.1, -0.05) is 26.0 Å². The van der Waals surface area contributed by atoms with Gasteiger partial charge in [0.2, 0.25) is 12.7 Å². The molecule has 17 heteroatoms. The predicted molar refractivity (Wildman–Crippen MR) is 207 cm³/mol. The molecule has 1 aliphatic heterocycles. The lowest BCUT2D eigenvalue weighted by Gasteiger charge is -2.29. The highest BCUT2D eigenvalue weighted by atomic mass is 19.3. The molecule has 14 nitrogen and oxygen atoms in total. The average Bonchev–Trinajstić information content (AvgIpc) is 3.17. The number of hydrogen-bond acceptors (Lipinski definition) is 11. The third kappa shape index (κ3) is 10.4. The molecule has 0 saturated carbocycles. The quantitative estimate of drug-likeness (QED) is 0.158. The lowest BCUT2D eigenvalue weighted by molar-refractivity contribution is -0.184. The standard InChI is InChI=1S/C36H35FN6O8.C2H4F2.C2H6/c1-20-16-24(42-12-14-49-15-13-42)18-27(37)31(20)33(45)40-28(35(47)51-22(3)50-21(2)44)17-23-7-8-29(32-25(23)6-5-10-39-32)43-34(46)26-9-11-38-19-30(26)41(4)36(43)48;1-2(3)4;1-2/h5-11,16,18-19,22,28H,12-15,17H2,1-4H3,(H,40,45);2H,1H3;1-2H3/t22?,28-;;/m0../s1. The van der Waals surface area contributed by atoms with Crippen LogP contribution in [0.15, 0.2) is 70.6 Å². The van der Waals surface area contributed by atoms with E-state index >= 15 is 4.39 Å². The summed E-state index contributed by atoms with van der Waals surface area (Å²) in [6.45, 7) is 11.1. The number of fused-ring (bicyclic) bond motifs is 2. The summed E-state index contributed by atoms with van der Waals surface area (Å²) >= 11 is 0. The molecule has 0 aliphatic carbocycles. The lowest BCUT2D eigenvalue weighted by atomic mass is 9.99. The van der Waals surface area contributed by atoms with Gasteiger partial charge in [-0.3, -0.25) is 28.9 Å². The maximum absolute atomic E-state index is 15.6. The number of benzene rings is 2. The highest BCUT2D eigenvalue weighted by Crippen LogP contribution is 2.26. The van der Waals surface area contributed by atoms with Crippen LogP contribution in [-0.2, 0) is 37.3 Å². The zero-order chi connectivity index (χ0) is 42.0. The van der Waals surface area contributed by atoms with Crippen LogP contribution in [0.2, 0.25) is 0 Å². The van der Waals surface area contributed by atoms with Crippen LogP contribution in [0.5, 0.6) is 0 Å². The number of nitrogens with one attached hydrogen (secondary N) is 1. The summed E-state index contributed by atoms with van der Waals surface area (Å²) in [5.41, 5.74) is 0.836. The number of pyridine rings is 2. The number of carbonyl (C=O) groups excluding carboxylic acids is 3. The van der Waals surface area contributed by atoms with Gasteiger partial charge in [-0.05, 0) is 55.3 Å². The Bertz CT molecular complexity index is 2330. The molecule has 1 aliphatic rings. The van der Waals surface area contributed by atoms with E-state index in [0.717, 1.165) is 18.4 Å². The summed E-state index contributed by atoms with van der Waals surface area (Å²) in [5, 5.41) is 3.36. The summed E-state index contributed by atoms with van der Waals surface area (Å²) in [6.07, 6.45) is 0.760. The molecule has 2 atom stereocenters. The molecule has 4 heterocycles. The van der Waals surface area contributed by atoms with E-state index in [-0.39, 0.29) is 28.6 Å². The first kappa shape index (κ1) is 43.6. The van der Waals surface area contributed by atoms with Crippen molar-refractivity contribution in [2.24, 2.45) is 7.05 Å². The van der Waals surface area contributed by atoms with Crippen LogP contribution < -0.4 is 21.5 Å².